The summed E-state index contributed by atoms with van der Waals surface area (Å²) in [6.07, 6.45) is 2.02. The minimum absolute atomic E-state index is 0.235. The predicted molar refractivity (Wildman–Crippen MR) is 99.1 cm³/mol. The lowest BCUT2D eigenvalue weighted by atomic mass is 9.84. The van der Waals surface area contributed by atoms with Gasteiger partial charge >= 0.3 is 0 Å². The highest BCUT2D eigenvalue weighted by Gasteiger charge is 2.25. The maximum atomic E-state index is 5.98. The van der Waals surface area contributed by atoms with Crippen LogP contribution in [0.1, 0.15) is 22.6 Å². The van der Waals surface area contributed by atoms with Crippen molar-refractivity contribution in [1.82, 2.24) is 0 Å². The molecule has 3 rings (SSSR count). The molecule has 1 nitrogen and oxygen atoms in total. The van der Waals surface area contributed by atoms with Crippen LogP contribution in [0.15, 0.2) is 91.0 Å². The van der Waals surface area contributed by atoms with Crippen molar-refractivity contribution in [3.05, 3.63) is 114 Å². The van der Waals surface area contributed by atoms with Crippen molar-refractivity contribution in [1.29, 1.82) is 0 Å². The number of hydrogen-bond donors (Lipinski definition) is 0. The van der Waals surface area contributed by atoms with Gasteiger partial charge in [0.2, 0.25) is 0 Å². The van der Waals surface area contributed by atoms with Crippen LogP contribution in [0.5, 0.6) is 0 Å². The summed E-state index contributed by atoms with van der Waals surface area (Å²) in [7, 11) is 0.686. The van der Waals surface area contributed by atoms with Gasteiger partial charge in [0, 0.05) is 5.92 Å². The molecule has 0 saturated carbocycles. The van der Waals surface area contributed by atoms with Crippen molar-refractivity contribution >= 4 is 10.5 Å². The van der Waals surface area contributed by atoms with Crippen LogP contribution in [0.3, 0.4) is 0 Å². The van der Waals surface area contributed by atoms with Crippen molar-refractivity contribution in [3.63, 3.8) is 0 Å². The molecule has 23 heavy (non-hydrogen) atoms. The second kappa shape index (κ2) is 7.91. The first-order valence-electron chi connectivity index (χ1n) is 7.93. The summed E-state index contributed by atoms with van der Waals surface area (Å²) in [5.74, 6) is 0.235. The standard InChI is InChI=1S/C21H21OSi/c23-22-21(19-14-8-3-9-15-19)20(18-12-6-2-7-13-18)16-17-10-4-1-5-11-17/h1-15,20H,16H2,23H3. The monoisotopic (exact) mass is 317 g/mol. The minimum Gasteiger partial charge on any atom is -0.415 e. The zero-order valence-corrected chi connectivity index (χ0v) is 15.4. The van der Waals surface area contributed by atoms with Gasteiger partial charge < -0.3 is 4.43 Å². The molecule has 0 aliphatic heterocycles. The van der Waals surface area contributed by atoms with Crippen molar-refractivity contribution < 1.29 is 4.43 Å². The molecule has 0 heterocycles. The molecule has 0 amide bonds. The normalized spacial score (nSPS) is 12.4. The van der Waals surface area contributed by atoms with Gasteiger partial charge in [-0.2, -0.15) is 0 Å². The third kappa shape index (κ3) is 3.98. The summed E-state index contributed by atoms with van der Waals surface area (Å²) in [5, 5.41) is 0. The zero-order valence-electron chi connectivity index (χ0n) is 13.4. The van der Waals surface area contributed by atoms with Gasteiger partial charge in [-0.1, -0.05) is 91.0 Å². The van der Waals surface area contributed by atoms with Gasteiger partial charge in [-0.05, 0) is 23.1 Å². The molecule has 115 valence electrons. The molecule has 0 spiro atoms. The van der Waals surface area contributed by atoms with Crippen LogP contribution in [-0.2, 0) is 10.8 Å². The van der Waals surface area contributed by atoms with Gasteiger partial charge in [0.15, 0.2) is 0 Å². The lowest BCUT2D eigenvalue weighted by molar-refractivity contribution is 0.337. The van der Waals surface area contributed by atoms with E-state index < -0.39 is 0 Å². The van der Waals surface area contributed by atoms with Crippen LogP contribution in [0.2, 0.25) is 0 Å². The van der Waals surface area contributed by atoms with E-state index in [1.165, 1.54) is 16.7 Å². The number of benzene rings is 3. The summed E-state index contributed by atoms with van der Waals surface area (Å²) >= 11 is 0. The molecule has 3 aromatic rings. The summed E-state index contributed by atoms with van der Waals surface area (Å²) < 4.78 is 5.98. The highest BCUT2D eigenvalue weighted by molar-refractivity contribution is 5.98. The predicted octanol–water partition coefficient (Wildman–Crippen LogP) is 3.89. The van der Waals surface area contributed by atoms with E-state index in [1.54, 1.807) is 0 Å². The van der Waals surface area contributed by atoms with Gasteiger partial charge in [-0.3, -0.25) is 0 Å². The maximum Gasteiger partial charge on any atom is 0.147 e. The Labute approximate surface area is 141 Å². The topological polar surface area (TPSA) is 9.23 Å². The first kappa shape index (κ1) is 15.7. The van der Waals surface area contributed by atoms with Crippen LogP contribution in [0.4, 0.5) is 0 Å². The van der Waals surface area contributed by atoms with Gasteiger partial charge in [0.25, 0.3) is 0 Å². The fourth-order valence-corrected chi connectivity index (χ4v) is 3.48. The molecule has 0 bridgehead atoms. The van der Waals surface area contributed by atoms with Crippen molar-refractivity contribution in [2.45, 2.75) is 12.3 Å². The van der Waals surface area contributed by atoms with Crippen LogP contribution in [-0.4, -0.2) is 10.5 Å². The second-order valence-electron chi connectivity index (χ2n) is 5.59. The molecule has 1 unspecified atom stereocenters. The lowest BCUT2D eigenvalue weighted by Gasteiger charge is -2.26. The SMILES string of the molecule is [SiH3]O[C](c1ccccc1)C(Cc1ccccc1)c1ccccc1. The lowest BCUT2D eigenvalue weighted by Crippen LogP contribution is -2.17. The Kier molecular flexibility index (Phi) is 5.40. The highest BCUT2D eigenvalue weighted by atomic mass is 28.2. The molecule has 1 atom stereocenters. The Bertz CT molecular complexity index is 698. The Morgan fingerprint density at radius 1 is 0.739 bits per heavy atom. The highest BCUT2D eigenvalue weighted by Crippen LogP contribution is 2.35. The molecule has 0 fully saturated rings. The second-order valence-corrected chi connectivity index (χ2v) is 6.00. The van der Waals surface area contributed by atoms with Crippen LogP contribution in [0, 0.1) is 6.10 Å². The molecular weight excluding hydrogens is 296 g/mol. The molecule has 0 N–H and O–H groups in total. The van der Waals surface area contributed by atoms with E-state index in [-0.39, 0.29) is 5.92 Å². The molecular formula is C21H21OSi. The van der Waals surface area contributed by atoms with E-state index in [4.69, 9.17) is 4.43 Å². The molecule has 3 aromatic carbocycles. The molecule has 2 heteroatoms. The molecule has 1 radical (unpaired) electrons. The fourth-order valence-electron chi connectivity index (χ4n) is 2.96. The van der Waals surface area contributed by atoms with Crippen LogP contribution < -0.4 is 0 Å². The van der Waals surface area contributed by atoms with Crippen molar-refractivity contribution in [2.24, 2.45) is 0 Å². The van der Waals surface area contributed by atoms with Crippen molar-refractivity contribution in [3.8, 4) is 0 Å². The first-order valence-corrected chi connectivity index (χ1v) is 8.75. The van der Waals surface area contributed by atoms with Gasteiger partial charge in [0.1, 0.15) is 16.6 Å². The van der Waals surface area contributed by atoms with E-state index in [0.29, 0.717) is 10.5 Å². The molecule has 0 aromatic heterocycles. The zero-order chi connectivity index (χ0) is 15.9. The Hall–Kier alpha value is -2.16. The maximum absolute atomic E-state index is 5.98. The molecule has 0 aliphatic carbocycles. The number of hydrogen-bond acceptors (Lipinski definition) is 1. The summed E-state index contributed by atoms with van der Waals surface area (Å²) in [4.78, 5) is 0. The van der Waals surface area contributed by atoms with Crippen molar-refractivity contribution in [2.75, 3.05) is 0 Å². The summed E-state index contributed by atoms with van der Waals surface area (Å²) in [6.45, 7) is 0. The van der Waals surface area contributed by atoms with Gasteiger partial charge in [-0.25, -0.2) is 0 Å². The van der Waals surface area contributed by atoms with Crippen LogP contribution in [0.25, 0.3) is 0 Å². The van der Waals surface area contributed by atoms with Gasteiger partial charge in [0.05, 0.1) is 0 Å². The molecule has 0 aliphatic rings. The largest absolute Gasteiger partial charge is 0.415 e. The minimum atomic E-state index is 0.235. The third-order valence-corrected chi connectivity index (χ3v) is 4.52. The Morgan fingerprint density at radius 2 is 1.26 bits per heavy atom. The summed E-state index contributed by atoms with van der Waals surface area (Å²) in [5.41, 5.74) is 3.80. The Morgan fingerprint density at radius 3 is 1.83 bits per heavy atom. The van der Waals surface area contributed by atoms with E-state index in [2.05, 4.69) is 84.9 Å². The van der Waals surface area contributed by atoms with E-state index in [9.17, 15) is 0 Å². The van der Waals surface area contributed by atoms with Gasteiger partial charge in [-0.15, -0.1) is 0 Å². The van der Waals surface area contributed by atoms with E-state index in [1.807, 2.05) is 6.07 Å². The van der Waals surface area contributed by atoms with E-state index >= 15 is 0 Å². The third-order valence-electron chi connectivity index (χ3n) is 4.08. The average Bonchev–Trinajstić information content (AvgIpc) is 2.64. The number of rotatable bonds is 6. The van der Waals surface area contributed by atoms with E-state index in [0.717, 1.165) is 12.5 Å². The molecule has 0 saturated heterocycles. The quantitative estimate of drug-likeness (QED) is 0.627. The first-order chi connectivity index (χ1) is 11.4. The smallest absolute Gasteiger partial charge is 0.147 e. The average molecular weight is 317 g/mol. The van der Waals surface area contributed by atoms with Crippen LogP contribution >= 0.6 is 0 Å². The fraction of sp³-hybridized carbons (Fsp3) is 0.0952. The Balaban J connectivity index is 1.97. The summed E-state index contributed by atoms with van der Waals surface area (Å²) in [6, 6.07) is 31.7.